The average Bonchev–Trinajstić information content (AvgIpc) is 2.99. The molecule has 1 unspecified atom stereocenters. The van der Waals surface area contributed by atoms with Gasteiger partial charge in [0.05, 0.1) is 18.4 Å². The van der Waals surface area contributed by atoms with Crippen molar-refractivity contribution in [2.24, 2.45) is 18.0 Å². The molecule has 0 aliphatic carbocycles. The smallest absolute Gasteiger partial charge is 0.332 e. The number of fused-ring (bicyclic) bond motifs is 1. The maximum atomic E-state index is 12.9. The number of aliphatic imine (C=N–C) groups is 1. The third-order valence-corrected chi connectivity index (χ3v) is 4.84. The molecule has 2 aromatic heterocycles. The van der Waals surface area contributed by atoms with Gasteiger partial charge in [-0.25, -0.2) is 9.78 Å². The molecule has 0 bridgehead atoms. The highest BCUT2D eigenvalue weighted by molar-refractivity contribution is 5.82. The van der Waals surface area contributed by atoms with Crippen LogP contribution in [0.3, 0.4) is 0 Å². The Labute approximate surface area is 162 Å². The molecule has 0 amide bonds. The van der Waals surface area contributed by atoms with E-state index in [0.717, 1.165) is 5.76 Å². The first-order chi connectivity index (χ1) is 13.5. The Kier molecular flexibility index (Phi) is 6.13. The van der Waals surface area contributed by atoms with Gasteiger partial charge in [-0.1, -0.05) is 0 Å². The summed E-state index contributed by atoms with van der Waals surface area (Å²) in [6, 6.07) is 0. The lowest BCUT2D eigenvalue weighted by Crippen LogP contribution is -2.41. The summed E-state index contributed by atoms with van der Waals surface area (Å²) in [5.74, 6) is 2.04. The molecule has 1 atom stereocenters. The molecule has 0 saturated carbocycles. The van der Waals surface area contributed by atoms with Crippen LogP contribution in [0.2, 0.25) is 0 Å². The van der Waals surface area contributed by atoms with Crippen LogP contribution in [-0.2, 0) is 31.2 Å². The zero-order valence-corrected chi connectivity index (χ0v) is 16.5. The van der Waals surface area contributed by atoms with Crippen LogP contribution in [0.4, 0.5) is 5.82 Å². The molecule has 0 aromatic carbocycles. The second kappa shape index (κ2) is 8.55. The predicted octanol–water partition coefficient (Wildman–Crippen LogP) is 1.10. The molecule has 9 nitrogen and oxygen atoms in total. The molecule has 3 rings (SSSR count). The average molecular weight is 390 g/mol. The lowest BCUT2D eigenvalue weighted by Gasteiger charge is -2.15. The standard InChI is InChI=1S/C19H26N4O5/c1-4-27-17-13(10-15-20-11-12(2)28-15)6-7-14-16(21-17)22(3)19(26)23(18(14)25)8-5-9-24/h11,13,24H,4-10H2,1-3H3. The van der Waals surface area contributed by atoms with Crippen molar-refractivity contribution in [1.29, 1.82) is 0 Å². The number of aromatic nitrogens is 3. The van der Waals surface area contributed by atoms with E-state index < -0.39 is 5.69 Å². The van der Waals surface area contributed by atoms with Crippen LogP contribution in [-0.4, -0.2) is 38.3 Å². The highest BCUT2D eigenvalue weighted by Crippen LogP contribution is 2.27. The lowest BCUT2D eigenvalue weighted by atomic mass is 9.97. The molecule has 9 heteroatoms. The highest BCUT2D eigenvalue weighted by Gasteiger charge is 2.28. The minimum absolute atomic E-state index is 0.0864. The molecule has 152 valence electrons. The molecule has 0 fully saturated rings. The number of aliphatic hydroxyl groups is 1. The van der Waals surface area contributed by atoms with E-state index in [4.69, 9.17) is 14.3 Å². The monoisotopic (exact) mass is 390 g/mol. The van der Waals surface area contributed by atoms with E-state index in [-0.39, 0.29) is 24.6 Å². The zero-order valence-electron chi connectivity index (χ0n) is 16.5. The van der Waals surface area contributed by atoms with E-state index in [1.807, 2.05) is 13.8 Å². The van der Waals surface area contributed by atoms with Crippen LogP contribution < -0.4 is 11.2 Å². The van der Waals surface area contributed by atoms with Gasteiger partial charge in [-0.3, -0.25) is 13.9 Å². The molecule has 3 heterocycles. The summed E-state index contributed by atoms with van der Waals surface area (Å²) in [7, 11) is 1.60. The van der Waals surface area contributed by atoms with Gasteiger partial charge in [0.1, 0.15) is 11.6 Å². The minimum Gasteiger partial charge on any atom is -0.481 e. The van der Waals surface area contributed by atoms with E-state index >= 15 is 0 Å². The number of ether oxygens (including phenoxy) is 1. The Bertz CT molecular complexity index is 985. The van der Waals surface area contributed by atoms with Gasteiger partial charge in [-0.15, -0.1) is 0 Å². The normalized spacial score (nSPS) is 16.4. The number of aliphatic hydroxyl groups excluding tert-OH is 1. The Balaban J connectivity index is 2.03. The van der Waals surface area contributed by atoms with E-state index in [9.17, 15) is 9.59 Å². The molecule has 0 radical (unpaired) electrons. The number of oxazole rings is 1. The Morgan fingerprint density at radius 1 is 1.39 bits per heavy atom. The number of hydrogen-bond donors (Lipinski definition) is 1. The van der Waals surface area contributed by atoms with Gasteiger partial charge < -0.3 is 14.3 Å². The maximum absolute atomic E-state index is 12.9. The summed E-state index contributed by atoms with van der Waals surface area (Å²) >= 11 is 0. The van der Waals surface area contributed by atoms with Gasteiger partial charge in [0.2, 0.25) is 0 Å². The number of rotatable bonds is 6. The van der Waals surface area contributed by atoms with Crippen LogP contribution in [0.25, 0.3) is 0 Å². The molecule has 1 aliphatic rings. The molecule has 0 spiro atoms. The number of hydrogen-bond acceptors (Lipinski definition) is 7. The molecular weight excluding hydrogens is 364 g/mol. The summed E-state index contributed by atoms with van der Waals surface area (Å²) < 4.78 is 13.9. The van der Waals surface area contributed by atoms with Crippen LogP contribution in [0, 0.1) is 12.8 Å². The van der Waals surface area contributed by atoms with Crippen molar-refractivity contribution in [3.63, 3.8) is 0 Å². The minimum atomic E-state index is -0.446. The Morgan fingerprint density at radius 3 is 2.82 bits per heavy atom. The first kappa shape index (κ1) is 20.1. The molecular formula is C19H26N4O5. The second-order valence-corrected chi connectivity index (χ2v) is 6.87. The van der Waals surface area contributed by atoms with Gasteiger partial charge in [-0.2, -0.15) is 4.99 Å². The largest absolute Gasteiger partial charge is 0.481 e. The predicted molar refractivity (Wildman–Crippen MR) is 103 cm³/mol. The first-order valence-electron chi connectivity index (χ1n) is 9.52. The summed E-state index contributed by atoms with van der Waals surface area (Å²) in [6.45, 7) is 4.22. The summed E-state index contributed by atoms with van der Waals surface area (Å²) in [6.07, 6.45) is 3.61. The highest BCUT2D eigenvalue weighted by atomic mass is 16.5. The van der Waals surface area contributed by atoms with Gasteiger partial charge in [0.15, 0.2) is 11.8 Å². The van der Waals surface area contributed by atoms with Gasteiger partial charge in [0, 0.05) is 32.5 Å². The van der Waals surface area contributed by atoms with Crippen molar-refractivity contribution in [2.45, 2.75) is 46.1 Å². The summed E-state index contributed by atoms with van der Waals surface area (Å²) in [5, 5.41) is 9.06. The number of nitrogens with zero attached hydrogens (tertiary/aromatic N) is 4. The molecule has 0 saturated heterocycles. The molecule has 2 aromatic rings. The van der Waals surface area contributed by atoms with Crippen molar-refractivity contribution in [1.82, 2.24) is 14.1 Å². The number of aryl methyl sites for hydroxylation is 1. The van der Waals surface area contributed by atoms with Crippen molar-refractivity contribution < 1.29 is 14.3 Å². The fraction of sp³-hybridized carbons (Fsp3) is 0.579. The van der Waals surface area contributed by atoms with E-state index in [2.05, 4.69) is 9.98 Å². The van der Waals surface area contributed by atoms with E-state index in [1.54, 1.807) is 13.2 Å². The second-order valence-electron chi connectivity index (χ2n) is 6.87. The molecule has 28 heavy (non-hydrogen) atoms. The van der Waals surface area contributed by atoms with Gasteiger partial charge in [0.25, 0.3) is 5.56 Å². The fourth-order valence-corrected chi connectivity index (χ4v) is 3.44. The third kappa shape index (κ3) is 3.94. The van der Waals surface area contributed by atoms with Gasteiger partial charge >= 0.3 is 5.69 Å². The van der Waals surface area contributed by atoms with Crippen LogP contribution >= 0.6 is 0 Å². The Morgan fingerprint density at radius 2 is 2.18 bits per heavy atom. The van der Waals surface area contributed by atoms with Crippen LogP contribution in [0.15, 0.2) is 25.2 Å². The van der Waals surface area contributed by atoms with Crippen LogP contribution in [0.5, 0.6) is 0 Å². The quantitative estimate of drug-likeness (QED) is 0.790. The van der Waals surface area contributed by atoms with Crippen molar-refractivity contribution in [3.8, 4) is 0 Å². The topological polar surface area (TPSA) is 112 Å². The Hall–Kier alpha value is -2.68. The van der Waals surface area contributed by atoms with E-state index in [0.29, 0.717) is 55.5 Å². The molecule has 1 N–H and O–H groups in total. The summed E-state index contributed by atoms with van der Waals surface area (Å²) in [4.78, 5) is 34.4. The summed E-state index contributed by atoms with van der Waals surface area (Å²) in [5.41, 5.74) is -0.305. The fourth-order valence-electron chi connectivity index (χ4n) is 3.44. The van der Waals surface area contributed by atoms with E-state index in [1.165, 1.54) is 9.13 Å². The van der Waals surface area contributed by atoms with Gasteiger partial charge in [-0.05, 0) is 33.1 Å². The van der Waals surface area contributed by atoms with Crippen molar-refractivity contribution in [3.05, 3.63) is 44.2 Å². The maximum Gasteiger partial charge on any atom is 0.332 e. The molecule has 1 aliphatic heterocycles. The lowest BCUT2D eigenvalue weighted by molar-refractivity contribution is 0.277. The SMILES string of the molecule is CCOC1=Nc2c(c(=O)n(CCCO)c(=O)n2C)CCC1Cc1ncc(C)o1. The van der Waals surface area contributed by atoms with Crippen molar-refractivity contribution >= 4 is 11.7 Å². The zero-order chi connectivity index (χ0) is 20.3. The first-order valence-corrected chi connectivity index (χ1v) is 9.52. The third-order valence-electron chi connectivity index (χ3n) is 4.84. The van der Waals surface area contributed by atoms with Crippen molar-refractivity contribution in [2.75, 3.05) is 13.2 Å². The van der Waals surface area contributed by atoms with Crippen LogP contribution in [0.1, 0.15) is 37.0 Å².